The van der Waals surface area contributed by atoms with Gasteiger partial charge in [0.05, 0.1) is 35.8 Å². The molecular formula is C32H32FN7O4S. The highest BCUT2D eigenvalue weighted by atomic mass is 32.2. The number of Topliss-reactive ketones (excluding diaryl/α,β-unsaturated/α-hetero) is 1. The van der Waals surface area contributed by atoms with Crippen LogP contribution in [0.4, 0.5) is 10.1 Å². The van der Waals surface area contributed by atoms with Crippen LogP contribution in [0.25, 0.3) is 0 Å². The molecule has 3 heterocycles. The van der Waals surface area contributed by atoms with Crippen molar-refractivity contribution in [2.24, 2.45) is 23.2 Å². The Hall–Kier alpha value is -4.75. The first-order valence-corrected chi connectivity index (χ1v) is 15.9. The number of oxazole rings is 1. The van der Waals surface area contributed by atoms with Crippen LogP contribution >= 0.6 is 0 Å². The van der Waals surface area contributed by atoms with E-state index in [1.165, 1.54) is 52.2 Å². The number of hydrogen-bond donors (Lipinski definition) is 1. The summed E-state index contributed by atoms with van der Waals surface area (Å²) in [7, 11) is -2.44. The van der Waals surface area contributed by atoms with E-state index in [-0.39, 0.29) is 47.5 Å². The smallest absolute Gasteiger partial charge is 0.246 e. The van der Waals surface area contributed by atoms with E-state index in [1.54, 1.807) is 31.4 Å². The van der Waals surface area contributed by atoms with Crippen molar-refractivity contribution in [3.63, 3.8) is 0 Å². The number of benzene rings is 1. The van der Waals surface area contributed by atoms with Crippen LogP contribution in [0.1, 0.15) is 47.6 Å². The van der Waals surface area contributed by atoms with Crippen LogP contribution < -0.4 is 5.73 Å². The molecular weight excluding hydrogens is 597 g/mol. The van der Waals surface area contributed by atoms with Crippen LogP contribution in [-0.2, 0) is 23.6 Å². The molecule has 4 aromatic rings. The highest BCUT2D eigenvalue weighted by Gasteiger charge is 2.52. The summed E-state index contributed by atoms with van der Waals surface area (Å²) in [5.41, 5.74) is 8.68. The van der Waals surface area contributed by atoms with Gasteiger partial charge in [0.2, 0.25) is 15.9 Å². The lowest BCUT2D eigenvalue weighted by Crippen LogP contribution is -2.50. The van der Waals surface area contributed by atoms with Crippen molar-refractivity contribution in [2.45, 2.75) is 50.1 Å². The lowest BCUT2D eigenvalue weighted by molar-refractivity contribution is 0.0730. The summed E-state index contributed by atoms with van der Waals surface area (Å²) in [4.78, 5) is 28.0. The van der Waals surface area contributed by atoms with E-state index in [4.69, 9.17) is 15.1 Å². The predicted octanol–water partition coefficient (Wildman–Crippen LogP) is 4.81. The van der Waals surface area contributed by atoms with Gasteiger partial charge in [0.15, 0.2) is 5.78 Å². The summed E-state index contributed by atoms with van der Waals surface area (Å²) in [6.45, 7) is 1.76. The Morgan fingerprint density at radius 1 is 1.24 bits per heavy atom. The molecule has 11 nitrogen and oxygen atoms in total. The zero-order chi connectivity index (χ0) is 31.8. The maximum Gasteiger partial charge on any atom is 0.246 e. The van der Waals surface area contributed by atoms with Crippen molar-refractivity contribution in [3.8, 4) is 0 Å². The van der Waals surface area contributed by atoms with Crippen LogP contribution in [0.5, 0.6) is 0 Å². The van der Waals surface area contributed by atoms with Gasteiger partial charge in [-0.15, -0.1) is 0 Å². The summed E-state index contributed by atoms with van der Waals surface area (Å²) in [6, 6.07) is 8.74. The van der Waals surface area contributed by atoms with E-state index in [2.05, 4.69) is 15.1 Å². The first-order chi connectivity index (χ1) is 21.6. The molecule has 0 radical (unpaired) electrons. The number of carbonyl (C=O) groups excluding carboxylic acids is 1. The normalized spacial score (nSPS) is 22.0. The van der Waals surface area contributed by atoms with Crippen molar-refractivity contribution >= 4 is 27.2 Å². The average Bonchev–Trinajstić information content (AvgIpc) is 3.72. The predicted molar refractivity (Wildman–Crippen MR) is 164 cm³/mol. The van der Waals surface area contributed by atoms with Gasteiger partial charge in [0, 0.05) is 25.5 Å². The van der Waals surface area contributed by atoms with Gasteiger partial charge >= 0.3 is 0 Å². The number of aryl methyl sites for hydroxylation is 2. The number of hydrogen-bond acceptors (Lipinski definition) is 9. The van der Waals surface area contributed by atoms with E-state index in [0.717, 1.165) is 11.1 Å². The minimum Gasteiger partial charge on any atom is -0.448 e. The number of fused-ring (bicyclic) bond motifs is 1. The van der Waals surface area contributed by atoms with Gasteiger partial charge in [-0.2, -0.15) is 9.40 Å². The molecule has 13 heteroatoms. The van der Waals surface area contributed by atoms with Crippen LogP contribution in [-0.4, -0.2) is 50.0 Å². The third-order valence-corrected chi connectivity index (χ3v) is 10.3. The number of aliphatic imine (C=N–C) groups is 1. The molecule has 2 atom stereocenters. The summed E-state index contributed by atoms with van der Waals surface area (Å²) in [5, 5.41) is 4.08. The number of aromatic nitrogens is 4. The van der Waals surface area contributed by atoms with Crippen LogP contribution in [0.3, 0.4) is 0 Å². The summed E-state index contributed by atoms with van der Waals surface area (Å²) >= 11 is 0. The fraction of sp³-hybridized carbons (Fsp3) is 0.281. The number of allylic oxidation sites excluding steroid dienone is 3. The van der Waals surface area contributed by atoms with Crippen molar-refractivity contribution in [3.05, 3.63) is 114 Å². The second-order valence-corrected chi connectivity index (χ2v) is 13.3. The lowest BCUT2D eigenvalue weighted by atomic mass is 9.59. The molecule has 0 spiro atoms. The minimum atomic E-state index is -4.08. The molecule has 45 heavy (non-hydrogen) atoms. The minimum absolute atomic E-state index is 0.0264. The van der Waals surface area contributed by atoms with E-state index in [1.807, 2.05) is 19.1 Å². The molecule has 1 aromatic carbocycles. The molecule has 1 fully saturated rings. The molecule has 232 valence electrons. The third kappa shape index (κ3) is 5.88. The maximum absolute atomic E-state index is 14.6. The first kappa shape index (κ1) is 30.3. The largest absolute Gasteiger partial charge is 0.448 e. The van der Waals surface area contributed by atoms with E-state index in [9.17, 15) is 17.6 Å². The van der Waals surface area contributed by atoms with Crippen LogP contribution in [0.15, 0.2) is 105 Å². The number of halogens is 1. The number of carbonyl (C=O) groups is 1. The molecule has 0 unspecified atom stereocenters. The molecule has 0 bridgehead atoms. The summed E-state index contributed by atoms with van der Waals surface area (Å²) < 4.78 is 50.1. The summed E-state index contributed by atoms with van der Waals surface area (Å²) in [6.07, 6.45) is 11.7. The fourth-order valence-corrected chi connectivity index (χ4v) is 7.77. The molecule has 3 aromatic heterocycles. The van der Waals surface area contributed by atoms with Crippen LogP contribution in [0.2, 0.25) is 0 Å². The van der Waals surface area contributed by atoms with Crippen molar-refractivity contribution < 1.29 is 22.0 Å². The van der Waals surface area contributed by atoms with Crippen molar-refractivity contribution in [2.75, 3.05) is 0 Å². The van der Waals surface area contributed by atoms with Gasteiger partial charge in [-0.05, 0) is 92.4 Å². The first-order valence-electron chi connectivity index (χ1n) is 14.4. The van der Waals surface area contributed by atoms with Gasteiger partial charge in [-0.3, -0.25) is 14.5 Å². The van der Waals surface area contributed by atoms with Gasteiger partial charge in [0.25, 0.3) is 0 Å². The van der Waals surface area contributed by atoms with Crippen LogP contribution in [0, 0.1) is 18.2 Å². The van der Waals surface area contributed by atoms with Gasteiger partial charge < -0.3 is 10.2 Å². The third-order valence-electron chi connectivity index (χ3n) is 8.41. The number of pyridine rings is 1. The molecule has 0 aliphatic heterocycles. The second-order valence-electron chi connectivity index (χ2n) is 11.4. The summed E-state index contributed by atoms with van der Waals surface area (Å²) in [5.74, 6) is -0.374. The number of nitrogens with zero attached hydrogens (tertiary/aromatic N) is 6. The van der Waals surface area contributed by atoms with Gasteiger partial charge in [-0.1, -0.05) is 5.57 Å². The monoisotopic (exact) mass is 629 g/mol. The SMILES string of the molecule is Cc1ccnc(C(=O)[C@]23CC(=CN)C(=Nc4ccc(F)cc4)C=C2CC[C@H](N(Cc2ncco2)S(=O)(=O)c2cnn(C)c2)C3)c1. The highest BCUT2D eigenvalue weighted by Crippen LogP contribution is 2.52. The Morgan fingerprint density at radius 2 is 2.04 bits per heavy atom. The molecule has 2 aliphatic carbocycles. The zero-order valence-electron chi connectivity index (χ0n) is 24.8. The molecule has 1 saturated carbocycles. The Morgan fingerprint density at radius 3 is 2.71 bits per heavy atom. The van der Waals surface area contributed by atoms with E-state index < -0.39 is 21.5 Å². The number of sulfonamides is 1. The highest BCUT2D eigenvalue weighted by molar-refractivity contribution is 7.89. The quantitative estimate of drug-likeness (QED) is 0.273. The molecule has 6 rings (SSSR count). The standard InChI is InChI=1S/C32H32FN7O4S/c1-21-9-10-35-29(13-21)31(41)32-15-22(17-34)28(38-25-6-4-24(33)5-7-25)14-23(32)3-8-26(16-32)40(20-30-36-11-12-44-30)45(42,43)27-18-37-39(2)19-27/h4-7,9-14,17-19,26H,3,8,15-16,20,34H2,1-2H3/t26-,32-/m0/s1. The molecule has 2 N–H and O–H groups in total. The van der Waals surface area contributed by atoms with Crippen molar-refractivity contribution in [1.29, 1.82) is 0 Å². The zero-order valence-corrected chi connectivity index (χ0v) is 25.6. The number of ketones is 1. The molecule has 2 aliphatic rings. The van der Waals surface area contributed by atoms with Gasteiger partial charge in [-0.25, -0.2) is 22.8 Å². The molecule has 0 amide bonds. The number of rotatable bonds is 8. The Bertz CT molecular complexity index is 1930. The fourth-order valence-electron chi connectivity index (χ4n) is 6.18. The lowest BCUT2D eigenvalue weighted by Gasteiger charge is -2.47. The topological polar surface area (TPSA) is 150 Å². The average molecular weight is 630 g/mol. The Labute approximate surface area is 260 Å². The Balaban J connectivity index is 1.47. The molecule has 0 saturated heterocycles. The number of nitrogens with two attached hydrogens (primary N) is 1. The second kappa shape index (κ2) is 12.0. The van der Waals surface area contributed by atoms with Crippen molar-refractivity contribution in [1.82, 2.24) is 24.1 Å². The maximum atomic E-state index is 14.6. The van der Waals surface area contributed by atoms with E-state index >= 15 is 0 Å². The van der Waals surface area contributed by atoms with Gasteiger partial charge in [0.1, 0.15) is 22.7 Å². The van der Waals surface area contributed by atoms with E-state index in [0.29, 0.717) is 29.8 Å². The Kier molecular flexibility index (Phi) is 8.06.